The van der Waals surface area contributed by atoms with Gasteiger partial charge in [-0.05, 0) is 18.4 Å². The monoisotopic (exact) mass is 365 g/mol. The van der Waals surface area contributed by atoms with E-state index in [0.29, 0.717) is 0 Å². The molecule has 144 valence electrons. The maximum absolute atomic E-state index is 12.6. The highest BCUT2D eigenvalue weighted by atomic mass is 16.4. The van der Waals surface area contributed by atoms with Crippen LogP contribution in [-0.2, 0) is 20.8 Å². The molecule has 8 nitrogen and oxygen atoms in total. The lowest BCUT2D eigenvalue weighted by Crippen LogP contribution is -2.57. The normalized spacial score (nSPS) is 15.6. The largest absolute Gasteiger partial charge is 0.480 e. The predicted molar refractivity (Wildman–Crippen MR) is 96.1 cm³/mol. The molecule has 1 aromatic carbocycles. The third-order valence-corrected chi connectivity index (χ3v) is 3.97. The summed E-state index contributed by atoms with van der Waals surface area (Å²) in [5.41, 5.74) is 6.40. The van der Waals surface area contributed by atoms with E-state index in [-0.39, 0.29) is 12.3 Å². The van der Waals surface area contributed by atoms with Crippen molar-refractivity contribution in [3.8, 4) is 0 Å². The Balaban J connectivity index is 2.97. The number of aliphatic carboxylic acids is 1. The molecule has 0 bridgehead atoms. The van der Waals surface area contributed by atoms with Crippen molar-refractivity contribution in [2.45, 2.75) is 51.4 Å². The van der Waals surface area contributed by atoms with Gasteiger partial charge in [-0.3, -0.25) is 9.59 Å². The lowest BCUT2D eigenvalue weighted by atomic mass is 10.0. The van der Waals surface area contributed by atoms with Crippen LogP contribution in [0.25, 0.3) is 0 Å². The number of aliphatic hydroxyl groups excluding tert-OH is 1. The molecule has 1 aromatic rings. The summed E-state index contributed by atoms with van der Waals surface area (Å²) in [6.07, 6.45) is -0.923. The van der Waals surface area contributed by atoms with Crippen molar-refractivity contribution in [1.82, 2.24) is 10.6 Å². The molecule has 0 radical (unpaired) electrons. The standard InChI is InChI=1S/C18H27N3O5/c1-10(2)15(18(25)26)21-16(23)13(9-12-7-5-4-6-8-12)20-17(24)14(19)11(3)22/h4-8,10-11,13-15,22H,9,19H2,1-3H3,(H,20,24)(H,21,23)(H,25,26)/t11-,13+,14+,15+/m1/s1. The Hall–Kier alpha value is -2.45. The molecule has 0 unspecified atom stereocenters. The third kappa shape index (κ3) is 6.45. The Labute approximate surface area is 152 Å². The second-order valence-corrected chi connectivity index (χ2v) is 6.59. The first-order chi connectivity index (χ1) is 12.1. The number of carboxylic acid groups (broad SMARTS) is 1. The van der Waals surface area contributed by atoms with Gasteiger partial charge in [0.1, 0.15) is 18.1 Å². The number of nitrogens with two attached hydrogens (primary N) is 1. The van der Waals surface area contributed by atoms with Crippen LogP contribution in [0.5, 0.6) is 0 Å². The molecular weight excluding hydrogens is 338 g/mol. The molecule has 8 heteroatoms. The van der Waals surface area contributed by atoms with Crippen molar-refractivity contribution in [1.29, 1.82) is 0 Å². The molecule has 0 heterocycles. The zero-order valence-electron chi connectivity index (χ0n) is 15.2. The predicted octanol–water partition coefficient (Wildman–Crippen LogP) is -0.353. The fourth-order valence-corrected chi connectivity index (χ4v) is 2.31. The zero-order chi connectivity index (χ0) is 19.9. The number of amides is 2. The SMILES string of the molecule is CC(C)[C@H](NC(=O)[C@H](Cc1ccccc1)NC(=O)[C@@H](N)[C@@H](C)O)C(=O)O. The number of nitrogens with one attached hydrogen (secondary N) is 2. The molecular formula is C18H27N3O5. The lowest BCUT2D eigenvalue weighted by molar-refractivity contribution is -0.143. The van der Waals surface area contributed by atoms with Gasteiger partial charge < -0.3 is 26.6 Å². The van der Waals surface area contributed by atoms with E-state index in [9.17, 15) is 24.6 Å². The van der Waals surface area contributed by atoms with Crippen molar-refractivity contribution < 1.29 is 24.6 Å². The smallest absolute Gasteiger partial charge is 0.326 e. The first-order valence-corrected chi connectivity index (χ1v) is 8.44. The molecule has 0 saturated heterocycles. The highest BCUT2D eigenvalue weighted by Crippen LogP contribution is 2.07. The first kappa shape index (κ1) is 21.6. The molecule has 0 aliphatic heterocycles. The van der Waals surface area contributed by atoms with E-state index in [4.69, 9.17) is 5.73 Å². The van der Waals surface area contributed by atoms with Gasteiger partial charge in [-0.25, -0.2) is 4.79 Å². The molecule has 26 heavy (non-hydrogen) atoms. The van der Waals surface area contributed by atoms with Gasteiger partial charge in [0.25, 0.3) is 0 Å². The summed E-state index contributed by atoms with van der Waals surface area (Å²) < 4.78 is 0. The number of hydrogen-bond donors (Lipinski definition) is 5. The maximum Gasteiger partial charge on any atom is 0.326 e. The minimum Gasteiger partial charge on any atom is -0.480 e. The van der Waals surface area contributed by atoms with Crippen LogP contribution in [0.2, 0.25) is 0 Å². The molecule has 4 atom stereocenters. The summed E-state index contributed by atoms with van der Waals surface area (Å²) in [6, 6.07) is 5.69. The maximum atomic E-state index is 12.6. The molecule has 0 spiro atoms. The van der Waals surface area contributed by atoms with E-state index in [2.05, 4.69) is 10.6 Å². The Kier molecular flexibility index (Phi) is 8.21. The summed E-state index contributed by atoms with van der Waals surface area (Å²) in [6.45, 7) is 4.72. The van der Waals surface area contributed by atoms with Crippen LogP contribution in [0.1, 0.15) is 26.3 Å². The Bertz CT molecular complexity index is 619. The minimum absolute atomic E-state index is 0.162. The van der Waals surface area contributed by atoms with Crippen LogP contribution in [-0.4, -0.2) is 52.2 Å². The van der Waals surface area contributed by atoms with Crippen molar-refractivity contribution in [3.05, 3.63) is 35.9 Å². The number of carboxylic acids is 1. The van der Waals surface area contributed by atoms with Crippen molar-refractivity contribution in [3.63, 3.8) is 0 Å². The van der Waals surface area contributed by atoms with E-state index in [1.54, 1.807) is 38.1 Å². The molecule has 0 aromatic heterocycles. The highest BCUT2D eigenvalue weighted by molar-refractivity contribution is 5.92. The summed E-state index contributed by atoms with van der Waals surface area (Å²) in [5, 5.41) is 23.7. The molecule has 6 N–H and O–H groups in total. The molecule has 2 amide bonds. The van der Waals surface area contributed by atoms with E-state index in [0.717, 1.165) is 5.56 Å². The number of hydrogen-bond acceptors (Lipinski definition) is 5. The fourth-order valence-electron chi connectivity index (χ4n) is 2.31. The van der Waals surface area contributed by atoms with Crippen LogP contribution < -0.4 is 16.4 Å². The first-order valence-electron chi connectivity index (χ1n) is 8.44. The van der Waals surface area contributed by atoms with Gasteiger partial charge in [-0.1, -0.05) is 44.2 Å². The minimum atomic E-state index is -1.19. The average molecular weight is 365 g/mol. The lowest BCUT2D eigenvalue weighted by Gasteiger charge is -2.25. The summed E-state index contributed by atoms with van der Waals surface area (Å²) in [4.78, 5) is 36.1. The third-order valence-electron chi connectivity index (χ3n) is 3.97. The number of carbonyl (C=O) groups is 3. The summed E-state index contributed by atoms with van der Waals surface area (Å²) in [7, 11) is 0. The van der Waals surface area contributed by atoms with Crippen LogP contribution in [0, 0.1) is 5.92 Å². The van der Waals surface area contributed by atoms with E-state index in [1.807, 2.05) is 6.07 Å². The average Bonchev–Trinajstić information content (AvgIpc) is 2.58. The molecule has 0 aliphatic carbocycles. The topological polar surface area (TPSA) is 142 Å². The van der Waals surface area contributed by atoms with Gasteiger partial charge in [-0.15, -0.1) is 0 Å². The quantitative estimate of drug-likeness (QED) is 0.405. The Morgan fingerprint density at radius 3 is 2.08 bits per heavy atom. The fraction of sp³-hybridized carbons (Fsp3) is 0.500. The second-order valence-electron chi connectivity index (χ2n) is 6.59. The van der Waals surface area contributed by atoms with E-state index >= 15 is 0 Å². The number of benzene rings is 1. The van der Waals surface area contributed by atoms with Crippen LogP contribution in [0.3, 0.4) is 0 Å². The summed E-state index contributed by atoms with van der Waals surface area (Å²) >= 11 is 0. The Morgan fingerprint density at radius 1 is 1.04 bits per heavy atom. The van der Waals surface area contributed by atoms with Gasteiger partial charge in [0.05, 0.1) is 6.10 Å². The summed E-state index contributed by atoms with van der Waals surface area (Å²) in [5.74, 6) is -2.79. The second kappa shape index (κ2) is 9.88. The van der Waals surface area contributed by atoms with Gasteiger partial charge in [-0.2, -0.15) is 0 Å². The molecule has 0 aliphatic rings. The highest BCUT2D eigenvalue weighted by Gasteiger charge is 2.30. The van der Waals surface area contributed by atoms with Gasteiger partial charge in [0.15, 0.2) is 0 Å². The van der Waals surface area contributed by atoms with Crippen LogP contribution in [0.15, 0.2) is 30.3 Å². The van der Waals surface area contributed by atoms with Gasteiger partial charge in [0.2, 0.25) is 11.8 Å². The van der Waals surface area contributed by atoms with E-state index < -0.39 is 42.0 Å². The van der Waals surface area contributed by atoms with Crippen molar-refractivity contribution in [2.75, 3.05) is 0 Å². The molecule has 0 saturated carbocycles. The number of rotatable bonds is 9. The number of aliphatic hydroxyl groups is 1. The van der Waals surface area contributed by atoms with Gasteiger partial charge in [0, 0.05) is 6.42 Å². The van der Waals surface area contributed by atoms with Crippen LogP contribution >= 0.6 is 0 Å². The van der Waals surface area contributed by atoms with Crippen molar-refractivity contribution >= 4 is 17.8 Å². The number of carbonyl (C=O) groups excluding carboxylic acids is 2. The van der Waals surface area contributed by atoms with Crippen LogP contribution in [0.4, 0.5) is 0 Å². The van der Waals surface area contributed by atoms with E-state index in [1.165, 1.54) is 6.92 Å². The van der Waals surface area contributed by atoms with Crippen molar-refractivity contribution in [2.24, 2.45) is 11.7 Å². The molecule has 1 rings (SSSR count). The zero-order valence-corrected chi connectivity index (χ0v) is 15.2. The van der Waals surface area contributed by atoms with Gasteiger partial charge >= 0.3 is 5.97 Å². The molecule has 0 fully saturated rings. The Morgan fingerprint density at radius 2 is 1.62 bits per heavy atom.